The lowest BCUT2D eigenvalue weighted by Crippen LogP contribution is -2.08. The zero-order valence-electron chi connectivity index (χ0n) is 7.84. The zero-order chi connectivity index (χ0) is 9.42. The normalized spacial score (nSPS) is 13.9. The molecular weight excluding hydrogens is 226 g/mol. The second kappa shape index (κ2) is 3.18. The minimum absolute atomic E-state index is 1.06. The number of fused-ring (bicyclic) bond motifs is 1. The second-order valence-corrected chi connectivity index (χ2v) is 4.41. The van der Waals surface area contributed by atoms with Crippen molar-refractivity contribution in [3.8, 4) is 0 Å². The van der Waals surface area contributed by atoms with Gasteiger partial charge in [-0.2, -0.15) is 0 Å². The van der Waals surface area contributed by atoms with Crippen LogP contribution in [-0.2, 0) is 6.42 Å². The third kappa shape index (κ3) is 1.51. The molecule has 1 aliphatic rings. The summed E-state index contributed by atoms with van der Waals surface area (Å²) in [6.07, 6.45) is 3.33. The van der Waals surface area contributed by atoms with E-state index >= 15 is 0 Å². The van der Waals surface area contributed by atoms with E-state index in [0.29, 0.717) is 0 Å². The van der Waals surface area contributed by atoms with Crippen molar-refractivity contribution in [1.82, 2.24) is 4.90 Å². The van der Waals surface area contributed by atoms with Crippen LogP contribution in [0.5, 0.6) is 0 Å². The maximum absolute atomic E-state index is 3.49. The highest BCUT2D eigenvalue weighted by Gasteiger charge is 2.14. The minimum Gasteiger partial charge on any atom is -0.377 e. The summed E-state index contributed by atoms with van der Waals surface area (Å²) < 4.78 is 1.17. The molecule has 0 amide bonds. The molecule has 13 heavy (non-hydrogen) atoms. The van der Waals surface area contributed by atoms with Gasteiger partial charge < -0.3 is 4.90 Å². The maximum Gasteiger partial charge on any atom is 0.0400 e. The molecular formula is C11H12BrN. The first kappa shape index (κ1) is 8.82. The summed E-state index contributed by atoms with van der Waals surface area (Å²) in [5, 5.41) is 0. The van der Waals surface area contributed by atoms with Crippen LogP contribution in [0.2, 0.25) is 0 Å². The van der Waals surface area contributed by atoms with Gasteiger partial charge in [-0.15, -0.1) is 0 Å². The molecule has 0 bridgehead atoms. The highest BCUT2D eigenvalue weighted by molar-refractivity contribution is 9.10. The second-order valence-electron chi connectivity index (χ2n) is 3.49. The molecule has 0 saturated heterocycles. The van der Waals surface area contributed by atoms with Gasteiger partial charge in [-0.05, 0) is 24.1 Å². The molecule has 1 nitrogen and oxygen atoms in total. The number of nitrogens with zero attached hydrogens (tertiary/aromatic N) is 1. The Kier molecular flexibility index (Phi) is 2.16. The van der Waals surface area contributed by atoms with Crippen molar-refractivity contribution in [2.45, 2.75) is 6.42 Å². The summed E-state index contributed by atoms with van der Waals surface area (Å²) in [7, 11) is 4.17. The first-order chi connectivity index (χ1) is 6.18. The van der Waals surface area contributed by atoms with E-state index in [0.717, 1.165) is 6.42 Å². The first-order valence-corrected chi connectivity index (χ1v) is 5.14. The molecule has 0 aromatic heterocycles. The average molecular weight is 238 g/mol. The van der Waals surface area contributed by atoms with Gasteiger partial charge in [-0.25, -0.2) is 0 Å². The van der Waals surface area contributed by atoms with Gasteiger partial charge in [0, 0.05) is 29.8 Å². The fourth-order valence-corrected chi connectivity index (χ4v) is 2.13. The predicted molar refractivity (Wildman–Crippen MR) is 59.5 cm³/mol. The van der Waals surface area contributed by atoms with E-state index < -0.39 is 0 Å². The van der Waals surface area contributed by atoms with Crippen molar-refractivity contribution >= 4 is 21.6 Å². The molecule has 0 heterocycles. The molecule has 0 unspecified atom stereocenters. The van der Waals surface area contributed by atoms with Crippen LogP contribution < -0.4 is 0 Å². The first-order valence-electron chi connectivity index (χ1n) is 4.35. The third-order valence-electron chi connectivity index (χ3n) is 2.34. The van der Waals surface area contributed by atoms with Crippen LogP contribution >= 0.6 is 15.9 Å². The Morgan fingerprint density at radius 2 is 2.08 bits per heavy atom. The quantitative estimate of drug-likeness (QED) is 0.727. The van der Waals surface area contributed by atoms with Crippen molar-refractivity contribution < 1.29 is 0 Å². The van der Waals surface area contributed by atoms with Crippen LogP contribution in [0.15, 0.2) is 28.7 Å². The standard InChI is InChI=1S/C11H12BrN/c1-13(2)11-6-3-8-7-9(12)4-5-10(8)11/h4-7H,3H2,1-2H3. The molecule has 2 heteroatoms. The van der Waals surface area contributed by atoms with Gasteiger partial charge in [-0.3, -0.25) is 0 Å². The summed E-state index contributed by atoms with van der Waals surface area (Å²) in [5.74, 6) is 0. The summed E-state index contributed by atoms with van der Waals surface area (Å²) in [6.45, 7) is 0. The van der Waals surface area contributed by atoms with Crippen LogP contribution in [-0.4, -0.2) is 19.0 Å². The summed E-state index contributed by atoms with van der Waals surface area (Å²) in [6, 6.07) is 6.47. The number of hydrogen-bond acceptors (Lipinski definition) is 1. The van der Waals surface area contributed by atoms with E-state index in [2.05, 4.69) is 59.2 Å². The van der Waals surface area contributed by atoms with Gasteiger partial charge in [0.2, 0.25) is 0 Å². The number of allylic oxidation sites excluding steroid dienone is 1. The van der Waals surface area contributed by atoms with Gasteiger partial charge in [0.1, 0.15) is 0 Å². The van der Waals surface area contributed by atoms with Crippen LogP contribution in [0, 0.1) is 0 Å². The van der Waals surface area contributed by atoms with E-state index in [1.165, 1.54) is 21.3 Å². The lowest BCUT2D eigenvalue weighted by atomic mass is 10.1. The van der Waals surface area contributed by atoms with Crippen molar-refractivity contribution in [3.63, 3.8) is 0 Å². The Morgan fingerprint density at radius 3 is 2.77 bits per heavy atom. The van der Waals surface area contributed by atoms with E-state index in [4.69, 9.17) is 0 Å². The Balaban J connectivity index is 2.45. The highest BCUT2D eigenvalue weighted by Crippen LogP contribution is 2.30. The molecule has 0 N–H and O–H groups in total. The smallest absolute Gasteiger partial charge is 0.0400 e. The number of benzene rings is 1. The van der Waals surface area contributed by atoms with Crippen LogP contribution in [0.3, 0.4) is 0 Å². The molecule has 1 aliphatic carbocycles. The van der Waals surface area contributed by atoms with E-state index in [9.17, 15) is 0 Å². The molecule has 0 spiro atoms. The third-order valence-corrected chi connectivity index (χ3v) is 2.83. The van der Waals surface area contributed by atoms with E-state index in [-0.39, 0.29) is 0 Å². The zero-order valence-corrected chi connectivity index (χ0v) is 9.43. The molecule has 2 rings (SSSR count). The summed E-state index contributed by atoms with van der Waals surface area (Å²) in [4.78, 5) is 2.17. The Hall–Kier alpha value is -0.760. The van der Waals surface area contributed by atoms with Gasteiger partial charge >= 0.3 is 0 Å². The van der Waals surface area contributed by atoms with Crippen LogP contribution in [0.1, 0.15) is 11.1 Å². The van der Waals surface area contributed by atoms with Crippen molar-refractivity contribution in [2.75, 3.05) is 14.1 Å². The highest BCUT2D eigenvalue weighted by atomic mass is 79.9. The molecule has 0 fully saturated rings. The van der Waals surface area contributed by atoms with Crippen LogP contribution in [0.25, 0.3) is 5.70 Å². The topological polar surface area (TPSA) is 3.24 Å². The molecule has 0 radical (unpaired) electrons. The molecule has 1 aromatic rings. The largest absolute Gasteiger partial charge is 0.377 e. The lowest BCUT2D eigenvalue weighted by Gasteiger charge is -2.15. The van der Waals surface area contributed by atoms with E-state index in [1.54, 1.807) is 0 Å². The Morgan fingerprint density at radius 1 is 1.31 bits per heavy atom. The van der Waals surface area contributed by atoms with Gasteiger partial charge in [0.05, 0.1) is 0 Å². The SMILES string of the molecule is CN(C)C1=CCc2cc(Br)ccc21. The van der Waals surface area contributed by atoms with Crippen LogP contribution in [0.4, 0.5) is 0 Å². The Bertz CT molecular complexity index is 366. The van der Waals surface area contributed by atoms with Gasteiger partial charge in [-0.1, -0.05) is 28.1 Å². The fraction of sp³-hybridized carbons (Fsp3) is 0.273. The van der Waals surface area contributed by atoms with Crippen molar-refractivity contribution in [2.24, 2.45) is 0 Å². The fourth-order valence-electron chi connectivity index (χ4n) is 1.72. The number of hydrogen-bond donors (Lipinski definition) is 0. The minimum atomic E-state index is 1.06. The number of rotatable bonds is 1. The molecule has 0 atom stereocenters. The van der Waals surface area contributed by atoms with Gasteiger partial charge in [0.15, 0.2) is 0 Å². The molecule has 1 aromatic carbocycles. The lowest BCUT2D eigenvalue weighted by molar-refractivity contribution is 0.593. The van der Waals surface area contributed by atoms with Crippen molar-refractivity contribution in [1.29, 1.82) is 0 Å². The average Bonchev–Trinajstić information content (AvgIpc) is 2.46. The van der Waals surface area contributed by atoms with Crippen molar-refractivity contribution in [3.05, 3.63) is 39.9 Å². The predicted octanol–water partition coefficient (Wildman–Crippen LogP) is 2.91. The molecule has 68 valence electrons. The Labute approximate surface area is 87.2 Å². The summed E-state index contributed by atoms with van der Waals surface area (Å²) >= 11 is 3.49. The van der Waals surface area contributed by atoms with Gasteiger partial charge in [0.25, 0.3) is 0 Å². The van der Waals surface area contributed by atoms with E-state index in [1.807, 2.05) is 0 Å². The summed E-state index contributed by atoms with van der Waals surface area (Å²) in [5.41, 5.74) is 4.12. The monoisotopic (exact) mass is 237 g/mol. The maximum atomic E-state index is 3.49. The molecule has 0 saturated carbocycles. The molecule has 0 aliphatic heterocycles. The number of halogens is 1.